The van der Waals surface area contributed by atoms with E-state index in [4.69, 9.17) is 0 Å². The first kappa shape index (κ1) is 12.1. The van der Waals surface area contributed by atoms with E-state index in [0.717, 1.165) is 6.92 Å². The Balaban J connectivity index is 0. The van der Waals surface area contributed by atoms with Gasteiger partial charge < -0.3 is 0 Å². The molecule has 0 N–H and O–H groups in total. The summed E-state index contributed by atoms with van der Waals surface area (Å²) < 4.78 is 23.8. The predicted octanol–water partition coefficient (Wildman–Crippen LogP) is 3.76. The molecule has 0 spiro atoms. The minimum Gasteiger partial charge on any atom is -0.209 e. The zero-order chi connectivity index (χ0) is 8.73. The van der Waals surface area contributed by atoms with Crippen LogP contribution in [0.3, 0.4) is 0 Å². The molecule has 0 amide bonds. The second-order valence-corrected chi connectivity index (χ2v) is 1.63. The molecule has 0 saturated carbocycles. The Morgan fingerprint density at radius 2 is 1.40 bits per heavy atom. The monoisotopic (exact) mass is 148 g/mol. The molecule has 0 aliphatic rings. The van der Waals surface area contributed by atoms with Crippen LogP contribution >= 0.6 is 0 Å². The fraction of sp³-hybridized carbons (Fsp3) is 0.500. The molecular formula is C8H14F2. The molecule has 0 aromatic rings. The highest BCUT2D eigenvalue weighted by atomic mass is 19.2. The summed E-state index contributed by atoms with van der Waals surface area (Å²) in [6.45, 7) is 9.68. The van der Waals surface area contributed by atoms with Crippen molar-refractivity contribution in [3.05, 3.63) is 23.8 Å². The maximum atomic E-state index is 12.1. The molecule has 0 fully saturated rings. The molecule has 0 heterocycles. The van der Waals surface area contributed by atoms with E-state index in [1.165, 1.54) is 6.92 Å². The van der Waals surface area contributed by atoms with Crippen molar-refractivity contribution in [1.29, 1.82) is 0 Å². The van der Waals surface area contributed by atoms with E-state index in [-0.39, 0.29) is 5.57 Å². The van der Waals surface area contributed by atoms with Crippen LogP contribution in [0.4, 0.5) is 8.78 Å². The highest BCUT2D eigenvalue weighted by molar-refractivity contribution is 5.20. The number of rotatable bonds is 1. The number of allylic oxidation sites excluding steroid dienone is 3. The average molecular weight is 148 g/mol. The van der Waals surface area contributed by atoms with Crippen molar-refractivity contribution in [3.8, 4) is 0 Å². The van der Waals surface area contributed by atoms with Gasteiger partial charge in [0.1, 0.15) is 5.83 Å². The molecule has 2 heteroatoms. The number of hydrogen-bond acceptors (Lipinski definition) is 0. The molecule has 0 rings (SSSR count). The predicted molar refractivity (Wildman–Crippen MR) is 41.1 cm³/mol. The normalized spacial score (nSPS) is 11.0. The van der Waals surface area contributed by atoms with Gasteiger partial charge in [0.2, 0.25) is 0 Å². The number of halogens is 2. The summed E-state index contributed by atoms with van der Waals surface area (Å²) in [4.78, 5) is 0. The fourth-order valence-electron chi connectivity index (χ4n) is 0.294. The van der Waals surface area contributed by atoms with Gasteiger partial charge in [0, 0.05) is 0 Å². The average Bonchev–Trinajstić information content (AvgIpc) is 1.90. The molecule has 0 aliphatic heterocycles. The molecule has 0 nitrogen and oxygen atoms in total. The molecule has 0 atom stereocenters. The fourth-order valence-corrected chi connectivity index (χ4v) is 0.294. The Hall–Kier alpha value is -0.660. The van der Waals surface area contributed by atoms with Gasteiger partial charge in [0.15, 0.2) is 5.83 Å². The summed E-state index contributed by atoms with van der Waals surface area (Å²) in [5.74, 6) is -1.65. The summed E-state index contributed by atoms with van der Waals surface area (Å²) in [5.41, 5.74) is 0.130. The minimum atomic E-state index is -0.843. The zero-order valence-electron chi connectivity index (χ0n) is 6.96. The van der Waals surface area contributed by atoms with Crippen molar-refractivity contribution >= 4 is 0 Å². The Bertz CT molecular complexity index is 130. The summed E-state index contributed by atoms with van der Waals surface area (Å²) >= 11 is 0. The van der Waals surface area contributed by atoms with Crippen LogP contribution in [0.5, 0.6) is 0 Å². The lowest BCUT2D eigenvalue weighted by Gasteiger charge is -1.90. The zero-order valence-corrected chi connectivity index (χ0v) is 6.96. The van der Waals surface area contributed by atoms with Gasteiger partial charge in [-0.3, -0.25) is 0 Å². The summed E-state index contributed by atoms with van der Waals surface area (Å²) in [5, 5.41) is 0. The summed E-state index contributed by atoms with van der Waals surface area (Å²) in [6, 6.07) is 0. The number of hydrogen-bond donors (Lipinski definition) is 0. The van der Waals surface area contributed by atoms with Crippen LogP contribution in [0.2, 0.25) is 0 Å². The Morgan fingerprint density at radius 3 is 1.40 bits per heavy atom. The van der Waals surface area contributed by atoms with Crippen molar-refractivity contribution in [2.75, 3.05) is 0 Å². The van der Waals surface area contributed by atoms with Gasteiger partial charge >= 0.3 is 0 Å². The molecule has 0 aliphatic carbocycles. The maximum absolute atomic E-state index is 12.1. The Kier molecular flexibility index (Phi) is 7.79. The molecule has 0 radical (unpaired) electrons. The first-order chi connectivity index (χ1) is 4.55. The third-order valence-electron chi connectivity index (χ3n) is 0.677. The van der Waals surface area contributed by atoms with Gasteiger partial charge in [-0.15, -0.1) is 0 Å². The van der Waals surface area contributed by atoms with Gasteiger partial charge in [0.25, 0.3) is 0 Å². The third-order valence-corrected chi connectivity index (χ3v) is 0.677. The van der Waals surface area contributed by atoms with Gasteiger partial charge in [-0.2, -0.15) is 0 Å². The highest BCUT2D eigenvalue weighted by Gasteiger charge is 1.98. The van der Waals surface area contributed by atoms with Gasteiger partial charge in [-0.05, 0) is 19.4 Å². The van der Waals surface area contributed by atoms with Crippen molar-refractivity contribution < 1.29 is 8.78 Å². The second-order valence-electron chi connectivity index (χ2n) is 1.63. The van der Waals surface area contributed by atoms with Gasteiger partial charge in [-0.25, -0.2) is 8.78 Å². The minimum absolute atomic E-state index is 0.130. The molecule has 0 bridgehead atoms. The molecule has 60 valence electrons. The van der Waals surface area contributed by atoms with E-state index >= 15 is 0 Å². The third kappa shape index (κ3) is 5.48. The molecule has 0 saturated heterocycles. The van der Waals surface area contributed by atoms with Crippen LogP contribution in [0.1, 0.15) is 27.7 Å². The van der Waals surface area contributed by atoms with Crippen molar-refractivity contribution in [3.63, 3.8) is 0 Å². The van der Waals surface area contributed by atoms with Crippen LogP contribution < -0.4 is 0 Å². The lowest BCUT2D eigenvalue weighted by atomic mass is 10.3. The second kappa shape index (κ2) is 6.46. The van der Waals surface area contributed by atoms with Crippen LogP contribution in [0.25, 0.3) is 0 Å². The van der Waals surface area contributed by atoms with E-state index in [0.29, 0.717) is 0 Å². The van der Waals surface area contributed by atoms with Crippen LogP contribution in [0.15, 0.2) is 23.8 Å². The SMILES string of the molecule is C=C(C)/C(F)=C(\C)F.CC. The first-order valence-electron chi connectivity index (χ1n) is 3.23. The van der Waals surface area contributed by atoms with E-state index in [1.54, 1.807) is 0 Å². The van der Waals surface area contributed by atoms with Gasteiger partial charge in [0.05, 0.1) is 0 Å². The van der Waals surface area contributed by atoms with Crippen molar-refractivity contribution in [1.82, 2.24) is 0 Å². The van der Waals surface area contributed by atoms with E-state index in [2.05, 4.69) is 6.58 Å². The van der Waals surface area contributed by atoms with Crippen molar-refractivity contribution in [2.24, 2.45) is 0 Å². The lowest BCUT2D eigenvalue weighted by molar-refractivity contribution is 0.548. The molecule has 0 aromatic carbocycles. The Morgan fingerprint density at radius 1 is 1.10 bits per heavy atom. The van der Waals surface area contributed by atoms with Crippen LogP contribution in [-0.4, -0.2) is 0 Å². The van der Waals surface area contributed by atoms with Crippen LogP contribution in [0, 0.1) is 0 Å². The first-order valence-corrected chi connectivity index (χ1v) is 3.23. The lowest BCUT2D eigenvalue weighted by Crippen LogP contribution is -1.75. The molecule has 0 aromatic heterocycles. The smallest absolute Gasteiger partial charge is 0.156 e. The summed E-state index contributed by atoms with van der Waals surface area (Å²) in [6.07, 6.45) is 0. The molecular weight excluding hydrogens is 134 g/mol. The van der Waals surface area contributed by atoms with Crippen molar-refractivity contribution in [2.45, 2.75) is 27.7 Å². The largest absolute Gasteiger partial charge is 0.209 e. The van der Waals surface area contributed by atoms with Gasteiger partial charge in [-0.1, -0.05) is 20.4 Å². The van der Waals surface area contributed by atoms with Crippen LogP contribution in [-0.2, 0) is 0 Å². The molecule has 10 heavy (non-hydrogen) atoms. The Labute approximate surface area is 61.3 Å². The topological polar surface area (TPSA) is 0 Å². The summed E-state index contributed by atoms with van der Waals surface area (Å²) in [7, 11) is 0. The van der Waals surface area contributed by atoms with E-state index < -0.39 is 11.7 Å². The highest BCUT2D eigenvalue weighted by Crippen LogP contribution is 2.13. The quantitative estimate of drug-likeness (QED) is 0.497. The maximum Gasteiger partial charge on any atom is 0.156 e. The standard InChI is InChI=1S/C6H8F2.C2H6/c1-4(2)6(8)5(3)7;1-2/h1H2,2-3H3;1-2H3/b6-5-;. The van der Waals surface area contributed by atoms with E-state index in [1.807, 2.05) is 13.8 Å². The van der Waals surface area contributed by atoms with E-state index in [9.17, 15) is 8.78 Å². The molecule has 0 unspecified atom stereocenters.